The van der Waals surface area contributed by atoms with E-state index in [2.05, 4.69) is 15.7 Å². The third-order valence-corrected chi connectivity index (χ3v) is 6.96. The summed E-state index contributed by atoms with van der Waals surface area (Å²) in [6.45, 7) is 1.97. The first-order valence-corrected chi connectivity index (χ1v) is 12.9. The summed E-state index contributed by atoms with van der Waals surface area (Å²) in [5, 5.41) is 9.86. The van der Waals surface area contributed by atoms with Gasteiger partial charge < -0.3 is 10.6 Å². The Morgan fingerprint density at radius 2 is 1.71 bits per heavy atom. The normalized spacial score (nSPS) is 16.4. The third kappa shape index (κ3) is 5.22. The van der Waals surface area contributed by atoms with Crippen LogP contribution in [0.3, 0.4) is 0 Å². The van der Waals surface area contributed by atoms with Crippen LogP contribution in [0.25, 0.3) is 5.69 Å². The van der Waals surface area contributed by atoms with E-state index in [4.69, 9.17) is 6.42 Å². The number of halogens is 3. The Hall–Kier alpha value is -5.37. The number of nitrogens with zero attached hydrogens (tertiary/aromatic N) is 3. The topological polar surface area (TPSA) is 96.3 Å². The van der Waals surface area contributed by atoms with Crippen molar-refractivity contribution in [1.29, 1.82) is 0 Å². The Kier molecular flexibility index (Phi) is 7.55. The number of para-hydroxylation sites is 2. The van der Waals surface area contributed by atoms with Crippen LogP contribution in [-0.4, -0.2) is 40.1 Å². The second-order valence-corrected chi connectivity index (χ2v) is 9.45. The van der Waals surface area contributed by atoms with Crippen molar-refractivity contribution in [3.8, 4) is 18.0 Å². The quantitative estimate of drug-likeness (QED) is 0.326. The van der Waals surface area contributed by atoms with E-state index in [0.29, 0.717) is 28.3 Å². The Morgan fingerprint density at radius 1 is 1.00 bits per heavy atom. The summed E-state index contributed by atoms with van der Waals surface area (Å²) in [7, 11) is 0. The average molecular weight is 572 g/mol. The molecule has 11 heteroatoms. The van der Waals surface area contributed by atoms with Crippen molar-refractivity contribution < 1.29 is 27.6 Å². The molecule has 0 fully saturated rings. The molecule has 2 N–H and O–H groups in total. The number of hydrogen-bond acceptors (Lipinski definition) is 4. The molecule has 1 aromatic heterocycles. The van der Waals surface area contributed by atoms with E-state index in [1.165, 1.54) is 11.0 Å². The number of anilines is 2. The van der Waals surface area contributed by atoms with E-state index >= 15 is 0 Å². The van der Waals surface area contributed by atoms with Crippen LogP contribution < -0.4 is 15.5 Å². The van der Waals surface area contributed by atoms with Gasteiger partial charge in [0.15, 0.2) is 0 Å². The van der Waals surface area contributed by atoms with Gasteiger partial charge in [0.25, 0.3) is 17.7 Å². The second-order valence-electron chi connectivity index (χ2n) is 9.45. The lowest BCUT2D eigenvalue weighted by molar-refractivity contribution is -0.137. The van der Waals surface area contributed by atoms with Gasteiger partial charge in [-0.05, 0) is 54.8 Å². The highest BCUT2D eigenvalue weighted by Crippen LogP contribution is 2.43. The molecule has 0 saturated heterocycles. The number of fused-ring (bicyclic) bond motifs is 1. The van der Waals surface area contributed by atoms with Gasteiger partial charge in [-0.2, -0.15) is 18.3 Å². The molecular formula is C31H24F3N5O3. The van der Waals surface area contributed by atoms with E-state index in [1.807, 2.05) is 36.3 Å². The number of rotatable bonds is 6. The number of nitrogens with one attached hydrogen (secondary N) is 2. The largest absolute Gasteiger partial charge is 0.416 e. The molecule has 5 rings (SSSR count). The summed E-state index contributed by atoms with van der Waals surface area (Å²) in [4.78, 5) is 41.2. The predicted molar refractivity (Wildman–Crippen MR) is 150 cm³/mol. The first-order valence-electron chi connectivity index (χ1n) is 12.9. The lowest BCUT2D eigenvalue weighted by Gasteiger charge is -2.38. The zero-order valence-electron chi connectivity index (χ0n) is 22.2. The fraction of sp³-hybridized carbons (Fsp3) is 0.161. The minimum atomic E-state index is -4.66. The molecule has 1 aliphatic heterocycles. The average Bonchev–Trinajstić information content (AvgIpc) is 3.42. The highest BCUT2D eigenvalue weighted by atomic mass is 19.4. The molecule has 0 spiro atoms. The Labute approximate surface area is 239 Å². The predicted octanol–water partition coefficient (Wildman–Crippen LogP) is 4.76. The molecule has 3 amide bonds. The van der Waals surface area contributed by atoms with Crippen LogP contribution in [-0.2, 0) is 15.8 Å². The molecule has 8 nitrogen and oxygen atoms in total. The second kappa shape index (κ2) is 11.2. The zero-order chi connectivity index (χ0) is 30.0. The van der Waals surface area contributed by atoms with Gasteiger partial charge in [0.05, 0.1) is 17.4 Å². The zero-order valence-corrected chi connectivity index (χ0v) is 22.2. The van der Waals surface area contributed by atoms with Crippen LogP contribution in [0.5, 0.6) is 0 Å². The van der Waals surface area contributed by atoms with Gasteiger partial charge in [-0.15, -0.1) is 6.42 Å². The molecule has 3 aromatic carbocycles. The Bertz CT molecular complexity index is 1710. The summed E-state index contributed by atoms with van der Waals surface area (Å²) in [6, 6.07) is 18.5. The number of terminal acetylenes is 1. The van der Waals surface area contributed by atoms with E-state index in [-0.39, 0.29) is 12.1 Å². The molecule has 4 aromatic rings. The van der Waals surface area contributed by atoms with Crippen molar-refractivity contribution in [3.63, 3.8) is 0 Å². The monoisotopic (exact) mass is 571 g/mol. The molecule has 212 valence electrons. The Morgan fingerprint density at radius 3 is 2.40 bits per heavy atom. The summed E-state index contributed by atoms with van der Waals surface area (Å²) in [6.07, 6.45) is 2.19. The van der Waals surface area contributed by atoms with Crippen LogP contribution in [0, 0.1) is 12.3 Å². The van der Waals surface area contributed by atoms with Gasteiger partial charge in [0, 0.05) is 29.3 Å². The number of amides is 3. The van der Waals surface area contributed by atoms with Crippen LogP contribution in [0.4, 0.5) is 24.7 Å². The van der Waals surface area contributed by atoms with Gasteiger partial charge in [-0.1, -0.05) is 42.5 Å². The maximum absolute atomic E-state index is 14.1. The lowest BCUT2D eigenvalue weighted by atomic mass is 9.81. The summed E-state index contributed by atoms with van der Waals surface area (Å²) in [5.41, 5.74) is 0.735. The molecule has 0 unspecified atom stereocenters. The Balaban J connectivity index is 1.67. The van der Waals surface area contributed by atoms with Crippen LogP contribution in [0.1, 0.15) is 39.9 Å². The summed E-state index contributed by atoms with van der Waals surface area (Å²) < 4.78 is 41.7. The standard InChI is InChI=1S/C31H24F3N5O3/c1-3-25(40)36-24-16-9-8-15-22(24)26-23-18-35-39(21-13-6-5-7-14-21)29(23)38(4-2)30(42)27(26)37-28(41)19-11-10-12-20(17-19)31(32,33)34/h1,5-18,26-27H,4H2,2H3,(H,36,40)(H,37,41)/t26-,27+/m0/s1. The van der Waals surface area contributed by atoms with Crippen molar-refractivity contribution in [2.75, 3.05) is 16.8 Å². The van der Waals surface area contributed by atoms with Crippen molar-refractivity contribution in [3.05, 3.63) is 107 Å². The lowest BCUT2D eigenvalue weighted by Crippen LogP contribution is -2.55. The number of carbonyl (C=O) groups is 3. The van der Waals surface area contributed by atoms with Crippen molar-refractivity contribution in [1.82, 2.24) is 15.1 Å². The molecule has 42 heavy (non-hydrogen) atoms. The molecule has 0 aliphatic carbocycles. The fourth-order valence-corrected chi connectivity index (χ4v) is 5.10. The smallest absolute Gasteiger partial charge is 0.339 e. The number of benzene rings is 3. The molecule has 1 aliphatic rings. The van der Waals surface area contributed by atoms with Gasteiger partial charge in [-0.3, -0.25) is 19.3 Å². The number of likely N-dealkylation sites (N-methyl/N-ethyl adjacent to an activating group) is 1. The van der Waals surface area contributed by atoms with Crippen LogP contribution in [0.2, 0.25) is 0 Å². The minimum Gasteiger partial charge on any atom is -0.339 e. The van der Waals surface area contributed by atoms with E-state index in [1.54, 1.807) is 42.1 Å². The minimum absolute atomic E-state index is 0.211. The summed E-state index contributed by atoms with van der Waals surface area (Å²) >= 11 is 0. The fourth-order valence-electron chi connectivity index (χ4n) is 5.10. The molecule has 0 saturated carbocycles. The third-order valence-electron chi connectivity index (χ3n) is 6.96. The molecule has 2 atom stereocenters. The van der Waals surface area contributed by atoms with E-state index < -0.39 is 41.4 Å². The highest BCUT2D eigenvalue weighted by Gasteiger charge is 2.45. The first kappa shape index (κ1) is 28.2. The van der Waals surface area contributed by atoms with Crippen LogP contribution >= 0.6 is 0 Å². The van der Waals surface area contributed by atoms with Gasteiger partial charge in [0.2, 0.25) is 0 Å². The summed E-state index contributed by atoms with van der Waals surface area (Å²) in [5.74, 6) is -0.537. The molecular weight excluding hydrogens is 547 g/mol. The number of aromatic nitrogens is 2. The van der Waals surface area contributed by atoms with Gasteiger partial charge in [0.1, 0.15) is 11.9 Å². The molecule has 2 heterocycles. The molecule has 0 radical (unpaired) electrons. The maximum atomic E-state index is 14.1. The number of hydrogen-bond donors (Lipinski definition) is 2. The number of carbonyl (C=O) groups excluding carboxylic acids is 3. The van der Waals surface area contributed by atoms with Gasteiger partial charge >= 0.3 is 6.18 Å². The van der Waals surface area contributed by atoms with Crippen molar-refractivity contribution >= 4 is 29.2 Å². The highest BCUT2D eigenvalue weighted by molar-refractivity contribution is 6.07. The molecule has 0 bridgehead atoms. The van der Waals surface area contributed by atoms with Crippen LogP contribution in [0.15, 0.2) is 85.1 Å². The van der Waals surface area contributed by atoms with Gasteiger partial charge in [-0.25, -0.2) is 4.68 Å². The van der Waals surface area contributed by atoms with E-state index in [0.717, 1.165) is 18.2 Å². The van der Waals surface area contributed by atoms with Crippen molar-refractivity contribution in [2.45, 2.75) is 25.1 Å². The van der Waals surface area contributed by atoms with Crippen molar-refractivity contribution in [2.24, 2.45) is 0 Å². The SMILES string of the molecule is C#CC(=O)Nc1ccccc1[C@H]1c2cnn(-c3ccccc3)c2N(CC)C(=O)[C@@H]1NC(=O)c1cccc(C(F)(F)F)c1. The first-order chi connectivity index (χ1) is 20.1. The number of alkyl halides is 3. The van der Waals surface area contributed by atoms with E-state index in [9.17, 15) is 27.6 Å². The maximum Gasteiger partial charge on any atom is 0.416 e.